The van der Waals surface area contributed by atoms with E-state index in [0.29, 0.717) is 0 Å². The van der Waals surface area contributed by atoms with E-state index in [4.69, 9.17) is 0 Å². The smallest absolute Gasteiger partial charge is 0.0646 e. The van der Waals surface area contributed by atoms with Crippen LogP contribution in [0.4, 0.5) is 0 Å². The Bertz CT molecular complexity index is 443. The van der Waals surface area contributed by atoms with Crippen molar-refractivity contribution < 1.29 is 0 Å². The zero-order valence-electron chi connectivity index (χ0n) is 7.52. The molecule has 0 aliphatic rings. The Morgan fingerprint density at radius 2 is 2.00 bits per heavy atom. The summed E-state index contributed by atoms with van der Waals surface area (Å²) in [5.74, 6) is 0. The lowest BCUT2D eigenvalue weighted by molar-refractivity contribution is 0.880. The summed E-state index contributed by atoms with van der Waals surface area (Å²) < 4.78 is 2.89. The Kier molecular flexibility index (Phi) is 2.50. The van der Waals surface area contributed by atoms with Crippen LogP contribution in [0, 0.1) is 0 Å². The van der Waals surface area contributed by atoms with Crippen molar-refractivity contribution in [1.29, 1.82) is 0 Å². The van der Waals surface area contributed by atoms with Crippen molar-refractivity contribution in [3.05, 3.63) is 53.3 Å². The summed E-state index contributed by atoms with van der Waals surface area (Å²) >= 11 is 3.39. The molecule has 0 N–H and O–H groups in total. The summed E-state index contributed by atoms with van der Waals surface area (Å²) in [5, 5.41) is 4.22. The molecule has 0 aliphatic carbocycles. The second-order valence-electron chi connectivity index (χ2n) is 2.90. The molecule has 0 fully saturated rings. The Hall–Kier alpha value is -1.35. The Morgan fingerprint density at radius 3 is 2.57 bits per heavy atom. The minimum atomic E-state index is 1.02. The van der Waals surface area contributed by atoms with Crippen LogP contribution >= 0.6 is 15.9 Å². The van der Waals surface area contributed by atoms with E-state index < -0.39 is 0 Å². The molecule has 70 valence electrons. The molecule has 2 aromatic rings. The third-order valence-electron chi connectivity index (χ3n) is 1.93. The van der Waals surface area contributed by atoms with Crippen LogP contribution < -0.4 is 0 Å². The van der Waals surface area contributed by atoms with Gasteiger partial charge in [-0.1, -0.05) is 28.6 Å². The van der Waals surface area contributed by atoms with E-state index in [9.17, 15) is 0 Å². The van der Waals surface area contributed by atoms with Crippen molar-refractivity contribution in [2.45, 2.75) is 0 Å². The number of nitrogens with zero attached hydrogens (tertiary/aromatic N) is 2. The number of halogens is 1. The highest BCUT2D eigenvalue weighted by Gasteiger charge is 1.97. The highest BCUT2D eigenvalue weighted by Crippen LogP contribution is 2.14. The van der Waals surface area contributed by atoms with Gasteiger partial charge in [-0.2, -0.15) is 5.10 Å². The first-order valence-corrected chi connectivity index (χ1v) is 5.02. The van der Waals surface area contributed by atoms with E-state index in [1.54, 1.807) is 12.3 Å². The lowest BCUT2D eigenvalue weighted by Gasteiger charge is -1.99. The lowest BCUT2D eigenvalue weighted by Crippen LogP contribution is -1.92. The Labute approximate surface area is 91.0 Å². The van der Waals surface area contributed by atoms with Gasteiger partial charge < -0.3 is 0 Å². The molecule has 0 bridgehead atoms. The van der Waals surface area contributed by atoms with Gasteiger partial charge >= 0.3 is 0 Å². The van der Waals surface area contributed by atoms with Crippen LogP contribution in [0.15, 0.2) is 47.7 Å². The first-order chi connectivity index (χ1) is 6.79. The van der Waals surface area contributed by atoms with E-state index in [1.807, 2.05) is 35.1 Å². The van der Waals surface area contributed by atoms with E-state index >= 15 is 0 Å². The maximum Gasteiger partial charge on any atom is 0.0646 e. The molecule has 1 aromatic carbocycles. The summed E-state index contributed by atoms with van der Waals surface area (Å²) in [5.41, 5.74) is 2.06. The molecular weight excluding hydrogens is 240 g/mol. The topological polar surface area (TPSA) is 17.8 Å². The number of aromatic nitrogens is 2. The van der Waals surface area contributed by atoms with Crippen molar-refractivity contribution >= 4 is 22.0 Å². The fraction of sp³-hybridized carbons (Fsp3) is 0. The lowest BCUT2D eigenvalue weighted by atomic mass is 10.3. The molecule has 1 heterocycles. The minimum Gasteiger partial charge on any atom is -0.240 e. The summed E-state index contributed by atoms with van der Waals surface area (Å²) in [6.07, 6.45) is 5.51. The van der Waals surface area contributed by atoms with Gasteiger partial charge in [-0.25, -0.2) is 4.68 Å². The van der Waals surface area contributed by atoms with Gasteiger partial charge in [0.15, 0.2) is 0 Å². The van der Waals surface area contributed by atoms with Crippen molar-refractivity contribution in [2.75, 3.05) is 0 Å². The molecule has 0 atom stereocenters. The van der Waals surface area contributed by atoms with Gasteiger partial charge in [0.05, 0.1) is 11.9 Å². The highest BCUT2D eigenvalue weighted by atomic mass is 79.9. The van der Waals surface area contributed by atoms with Crippen LogP contribution in [0.25, 0.3) is 11.8 Å². The Morgan fingerprint density at radius 1 is 1.29 bits per heavy atom. The van der Waals surface area contributed by atoms with Gasteiger partial charge in [-0.05, 0) is 24.3 Å². The number of rotatable bonds is 2. The van der Waals surface area contributed by atoms with E-state index in [0.717, 1.165) is 15.7 Å². The second kappa shape index (κ2) is 3.80. The van der Waals surface area contributed by atoms with Gasteiger partial charge in [-0.3, -0.25) is 0 Å². The Balaban J connectivity index is 2.39. The van der Waals surface area contributed by atoms with Crippen LogP contribution in [-0.2, 0) is 0 Å². The third kappa shape index (κ3) is 1.77. The van der Waals surface area contributed by atoms with Crippen LogP contribution in [0.1, 0.15) is 5.56 Å². The maximum absolute atomic E-state index is 4.22. The van der Waals surface area contributed by atoms with Crippen molar-refractivity contribution in [1.82, 2.24) is 9.78 Å². The van der Waals surface area contributed by atoms with Gasteiger partial charge in [0, 0.05) is 16.2 Å². The monoisotopic (exact) mass is 248 g/mol. The first kappa shape index (κ1) is 9.21. The van der Waals surface area contributed by atoms with E-state index in [-0.39, 0.29) is 0 Å². The predicted octanol–water partition coefficient (Wildman–Crippen LogP) is 3.28. The molecular formula is C11H9BrN2. The van der Waals surface area contributed by atoms with Crippen molar-refractivity contribution in [2.24, 2.45) is 0 Å². The van der Waals surface area contributed by atoms with Crippen LogP contribution in [0.5, 0.6) is 0 Å². The second-order valence-corrected chi connectivity index (χ2v) is 3.81. The van der Waals surface area contributed by atoms with Crippen molar-refractivity contribution in [3.8, 4) is 5.69 Å². The summed E-state index contributed by atoms with van der Waals surface area (Å²) in [4.78, 5) is 0. The fourth-order valence-electron chi connectivity index (χ4n) is 1.18. The fourth-order valence-corrected chi connectivity index (χ4v) is 1.44. The molecule has 3 heteroatoms. The maximum atomic E-state index is 4.22. The standard InChI is InChI=1S/C11H9BrN2/c1-2-9-7-13-14(8-9)11-5-3-10(12)4-6-11/h2-8H,1H2. The SMILES string of the molecule is C=Cc1cnn(-c2ccc(Br)cc2)c1. The van der Waals surface area contributed by atoms with Gasteiger partial charge in [-0.15, -0.1) is 0 Å². The molecule has 14 heavy (non-hydrogen) atoms. The molecule has 0 saturated heterocycles. The zero-order chi connectivity index (χ0) is 9.97. The van der Waals surface area contributed by atoms with E-state index in [1.165, 1.54) is 0 Å². The van der Waals surface area contributed by atoms with Gasteiger partial charge in [0.25, 0.3) is 0 Å². The van der Waals surface area contributed by atoms with Crippen LogP contribution in [0.2, 0.25) is 0 Å². The molecule has 1 aromatic heterocycles. The van der Waals surface area contributed by atoms with E-state index in [2.05, 4.69) is 27.6 Å². The molecule has 0 radical (unpaired) electrons. The largest absolute Gasteiger partial charge is 0.240 e. The van der Waals surface area contributed by atoms with Crippen LogP contribution in [0.3, 0.4) is 0 Å². The first-order valence-electron chi connectivity index (χ1n) is 4.22. The summed E-state index contributed by atoms with van der Waals surface area (Å²) in [7, 11) is 0. The summed E-state index contributed by atoms with van der Waals surface area (Å²) in [6.45, 7) is 3.69. The molecule has 0 spiro atoms. The van der Waals surface area contributed by atoms with Gasteiger partial charge in [0.2, 0.25) is 0 Å². The molecule has 2 rings (SSSR count). The summed E-state index contributed by atoms with van der Waals surface area (Å²) in [6, 6.07) is 7.99. The zero-order valence-corrected chi connectivity index (χ0v) is 9.11. The highest BCUT2D eigenvalue weighted by molar-refractivity contribution is 9.10. The molecule has 0 saturated carbocycles. The van der Waals surface area contributed by atoms with Crippen LogP contribution in [-0.4, -0.2) is 9.78 Å². The average molecular weight is 249 g/mol. The third-order valence-corrected chi connectivity index (χ3v) is 2.46. The number of hydrogen-bond acceptors (Lipinski definition) is 1. The minimum absolute atomic E-state index is 1.02. The molecule has 0 amide bonds. The molecule has 0 unspecified atom stereocenters. The van der Waals surface area contributed by atoms with Gasteiger partial charge in [0.1, 0.15) is 0 Å². The predicted molar refractivity (Wildman–Crippen MR) is 61.4 cm³/mol. The molecule has 0 aliphatic heterocycles. The van der Waals surface area contributed by atoms with Crippen molar-refractivity contribution in [3.63, 3.8) is 0 Å². The normalized spacial score (nSPS) is 10.1. The molecule has 2 nitrogen and oxygen atoms in total. The quantitative estimate of drug-likeness (QED) is 0.798. The number of hydrogen-bond donors (Lipinski definition) is 0. The number of benzene rings is 1. The average Bonchev–Trinajstić information content (AvgIpc) is 2.67.